The minimum absolute atomic E-state index is 0.261. The first-order chi connectivity index (χ1) is 15.0. The van der Waals surface area contributed by atoms with E-state index >= 15 is 0 Å². The number of hydrogen-bond acceptors (Lipinski definition) is 3. The monoisotopic (exact) mass is 452 g/mol. The first-order valence-electron chi connectivity index (χ1n) is 9.57. The van der Waals surface area contributed by atoms with E-state index in [9.17, 15) is 14.0 Å². The molecule has 0 aliphatic carbocycles. The molecule has 0 radical (unpaired) electrons. The maximum atomic E-state index is 13.3. The first-order valence-corrected chi connectivity index (χ1v) is 10.8. The van der Waals surface area contributed by atoms with Crippen LogP contribution in [0.1, 0.15) is 11.1 Å². The highest BCUT2D eigenvalue weighted by Crippen LogP contribution is 2.41. The van der Waals surface area contributed by atoms with Gasteiger partial charge in [0.1, 0.15) is 5.82 Å². The molecule has 0 unspecified atom stereocenters. The van der Waals surface area contributed by atoms with Gasteiger partial charge in [0.2, 0.25) is 5.91 Å². The van der Waals surface area contributed by atoms with Gasteiger partial charge in [0.25, 0.3) is 5.91 Å². The second-order valence-corrected chi connectivity index (χ2v) is 8.40. The summed E-state index contributed by atoms with van der Waals surface area (Å²) in [5.74, 6) is -0.988. The number of nitrogens with zero attached hydrogens (tertiary/aromatic N) is 1. The van der Waals surface area contributed by atoms with Crippen LogP contribution in [0.2, 0.25) is 5.02 Å². The van der Waals surface area contributed by atoms with Crippen molar-refractivity contribution in [3.8, 4) is 0 Å². The number of carbonyl (C=O) groups excluding carboxylic acids is 2. The number of nitrogens with one attached hydrogen (secondary N) is 1. The van der Waals surface area contributed by atoms with Crippen molar-refractivity contribution in [2.45, 2.75) is 18.0 Å². The van der Waals surface area contributed by atoms with Crippen LogP contribution in [0.5, 0.6) is 0 Å². The molecule has 1 aliphatic heterocycles. The Kier molecular flexibility index (Phi) is 6.39. The van der Waals surface area contributed by atoms with Crippen LogP contribution in [-0.4, -0.2) is 11.8 Å². The summed E-state index contributed by atoms with van der Waals surface area (Å²) in [6.45, 7) is 0.534. The van der Waals surface area contributed by atoms with E-state index in [0.717, 1.165) is 21.7 Å². The third-order valence-electron chi connectivity index (χ3n) is 4.76. The minimum Gasteiger partial charge on any atom is -0.348 e. The van der Waals surface area contributed by atoms with Crippen LogP contribution in [-0.2, 0) is 22.7 Å². The standard InChI is InChI=1S/C24H18ClFN2O2S/c25-19-6-2-1-5-17(19)14-27-23(29)13-22-24(30)28(15-16-9-11-18(26)12-10-16)20-7-3-4-8-21(20)31-22/h1-13H,14-15H2,(H,27,29). The number of halogens is 2. The molecule has 3 aromatic rings. The molecule has 0 spiro atoms. The van der Waals surface area contributed by atoms with Crippen LogP contribution in [0.4, 0.5) is 10.1 Å². The lowest BCUT2D eigenvalue weighted by Gasteiger charge is -2.30. The lowest BCUT2D eigenvalue weighted by Crippen LogP contribution is -2.34. The SMILES string of the molecule is O=C(C=C1Sc2ccccc2N(Cc2ccc(F)cc2)C1=O)NCc1ccccc1Cl. The summed E-state index contributed by atoms with van der Waals surface area (Å²) < 4.78 is 13.3. The Morgan fingerprint density at radius 3 is 2.52 bits per heavy atom. The number of amides is 2. The molecule has 2 amide bonds. The molecule has 4 nitrogen and oxygen atoms in total. The molecule has 1 heterocycles. The van der Waals surface area contributed by atoms with Gasteiger partial charge in [0, 0.05) is 22.5 Å². The molecule has 156 valence electrons. The van der Waals surface area contributed by atoms with E-state index in [4.69, 9.17) is 11.6 Å². The Morgan fingerprint density at radius 2 is 1.74 bits per heavy atom. The van der Waals surface area contributed by atoms with E-state index in [1.807, 2.05) is 42.5 Å². The molecule has 7 heteroatoms. The highest BCUT2D eigenvalue weighted by Gasteiger charge is 2.29. The maximum Gasteiger partial charge on any atom is 0.265 e. The second-order valence-electron chi connectivity index (χ2n) is 6.91. The fraction of sp³-hybridized carbons (Fsp3) is 0.0833. The maximum absolute atomic E-state index is 13.3. The summed E-state index contributed by atoms with van der Waals surface area (Å²) in [6.07, 6.45) is 1.32. The summed E-state index contributed by atoms with van der Waals surface area (Å²) in [5.41, 5.74) is 2.34. The van der Waals surface area contributed by atoms with Crippen molar-refractivity contribution in [1.29, 1.82) is 0 Å². The van der Waals surface area contributed by atoms with Crippen LogP contribution in [0.3, 0.4) is 0 Å². The number of thioether (sulfide) groups is 1. The molecule has 3 aromatic carbocycles. The number of para-hydroxylation sites is 1. The Labute approximate surface area is 188 Å². The van der Waals surface area contributed by atoms with Gasteiger partial charge >= 0.3 is 0 Å². The largest absolute Gasteiger partial charge is 0.348 e. The summed E-state index contributed by atoms with van der Waals surface area (Å²) >= 11 is 7.39. The van der Waals surface area contributed by atoms with Crippen LogP contribution >= 0.6 is 23.4 Å². The van der Waals surface area contributed by atoms with E-state index < -0.39 is 0 Å². The van der Waals surface area contributed by atoms with Crippen LogP contribution in [0, 0.1) is 5.82 Å². The number of anilines is 1. The third kappa shape index (κ3) is 4.98. The van der Waals surface area contributed by atoms with Gasteiger partial charge in [0.15, 0.2) is 0 Å². The van der Waals surface area contributed by atoms with Gasteiger partial charge in [-0.05, 0) is 41.5 Å². The summed E-state index contributed by atoms with van der Waals surface area (Å²) in [4.78, 5) is 28.5. The Bertz CT molecular complexity index is 1160. The van der Waals surface area contributed by atoms with Crippen molar-refractivity contribution < 1.29 is 14.0 Å². The van der Waals surface area contributed by atoms with Gasteiger partial charge in [0.05, 0.1) is 17.1 Å². The zero-order chi connectivity index (χ0) is 21.8. The number of benzene rings is 3. The third-order valence-corrected chi connectivity index (χ3v) is 6.21. The lowest BCUT2D eigenvalue weighted by atomic mass is 10.1. The molecule has 4 rings (SSSR count). The smallest absolute Gasteiger partial charge is 0.265 e. The average molecular weight is 453 g/mol. The second kappa shape index (κ2) is 9.37. The fourth-order valence-electron chi connectivity index (χ4n) is 3.19. The molecule has 0 bridgehead atoms. The fourth-order valence-corrected chi connectivity index (χ4v) is 4.42. The molecular weight excluding hydrogens is 435 g/mol. The Morgan fingerprint density at radius 1 is 1.03 bits per heavy atom. The molecule has 0 fully saturated rings. The summed E-state index contributed by atoms with van der Waals surface area (Å²) in [7, 11) is 0. The molecule has 1 N–H and O–H groups in total. The Hall–Kier alpha value is -3.09. The molecule has 0 saturated heterocycles. The van der Waals surface area contributed by atoms with Gasteiger partial charge < -0.3 is 10.2 Å². The van der Waals surface area contributed by atoms with Gasteiger partial charge in [-0.2, -0.15) is 0 Å². The predicted molar refractivity (Wildman–Crippen MR) is 121 cm³/mol. The number of carbonyl (C=O) groups is 2. The van der Waals surface area contributed by atoms with Crippen molar-refractivity contribution >= 4 is 40.9 Å². The molecule has 0 aromatic heterocycles. The predicted octanol–water partition coefficient (Wildman–Crippen LogP) is 5.32. The van der Waals surface area contributed by atoms with E-state index in [1.165, 1.54) is 30.0 Å². The van der Waals surface area contributed by atoms with Crippen molar-refractivity contribution in [2.24, 2.45) is 0 Å². The van der Waals surface area contributed by atoms with Crippen molar-refractivity contribution in [3.05, 3.63) is 106 Å². The summed E-state index contributed by atoms with van der Waals surface area (Å²) in [6, 6.07) is 20.8. The summed E-state index contributed by atoms with van der Waals surface area (Å²) in [5, 5.41) is 3.34. The quantitative estimate of drug-likeness (QED) is 0.533. The van der Waals surface area contributed by atoms with Crippen molar-refractivity contribution in [3.63, 3.8) is 0 Å². The minimum atomic E-state index is -0.378. The van der Waals surface area contributed by atoms with Crippen LogP contribution in [0.25, 0.3) is 0 Å². The zero-order valence-electron chi connectivity index (χ0n) is 16.3. The van der Waals surface area contributed by atoms with Crippen LogP contribution in [0.15, 0.2) is 88.7 Å². The lowest BCUT2D eigenvalue weighted by molar-refractivity contribution is -0.118. The highest BCUT2D eigenvalue weighted by molar-refractivity contribution is 8.04. The molecule has 0 saturated carbocycles. The first kappa shape index (κ1) is 21.2. The molecular formula is C24H18ClFN2O2S. The van der Waals surface area contributed by atoms with Gasteiger partial charge in [-0.1, -0.05) is 65.8 Å². The molecule has 0 atom stereocenters. The topological polar surface area (TPSA) is 49.4 Å². The van der Waals surface area contributed by atoms with E-state index in [2.05, 4.69) is 5.32 Å². The zero-order valence-corrected chi connectivity index (χ0v) is 17.9. The van der Waals surface area contributed by atoms with Gasteiger partial charge in [-0.15, -0.1) is 0 Å². The number of rotatable bonds is 5. The van der Waals surface area contributed by atoms with Gasteiger partial charge in [-0.3, -0.25) is 9.59 Å². The highest BCUT2D eigenvalue weighted by atomic mass is 35.5. The van der Waals surface area contributed by atoms with E-state index in [0.29, 0.717) is 9.93 Å². The van der Waals surface area contributed by atoms with Crippen molar-refractivity contribution in [1.82, 2.24) is 5.32 Å². The number of fused-ring (bicyclic) bond motifs is 1. The van der Waals surface area contributed by atoms with E-state index in [1.54, 1.807) is 23.1 Å². The normalized spacial score (nSPS) is 14.5. The Balaban J connectivity index is 1.55. The van der Waals surface area contributed by atoms with Gasteiger partial charge in [-0.25, -0.2) is 4.39 Å². The number of hydrogen-bond donors (Lipinski definition) is 1. The van der Waals surface area contributed by atoms with Crippen molar-refractivity contribution in [2.75, 3.05) is 4.90 Å². The molecule has 1 aliphatic rings. The van der Waals surface area contributed by atoms with Crippen LogP contribution < -0.4 is 10.2 Å². The van der Waals surface area contributed by atoms with E-state index in [-0.39, 0.29) is 30.7 Å². The molecule has 31 heavy (non-hydrogen) atoms. The average Bonchev–Trinajstić information content (AvgIpc) is 2.77.